The van der Waals surface area contributed by atoms with Crippen LogP contribution in [-0.4, -0.2) is 53.0 Å². The van der Waals surface area contributed by atoms with Crippen molar-refractivity contribution in [3.63, 3.8) is 0 Å². The lowest BCUT2D eigenvalue weighted by atomic mass is 9.93. The summed E-state index contributed by atoms with van der Waals surface area (Å²) < 4.78 is 13.6. The van der Waals surface area contributed by atoms with E-state index >= 15 is 0 Å². The molecule has 0 bridgehead atoms. The third-order valence-corrected chi connectivity index (χ3v) is 6.83. The topological polar surface area (TPSA) is 59.6 Å². The standard InChI is InChI=1S/C27H25ClFN3O2/c1-31(2)15-22-26-19(18-5-3-4-6-21(18)30-26)13-14-32(22)27(34)20-11-12-23(33)25(28)24(20)16-7-9-17(29)10-8-16/h3-12,22,30,33H,13-15H2,1-2H3. The minimum absolute atomic E-state index is 0.0740. The van der Waals surface area contributed by atoms with Crippen LogP contribution < -0.4 is 0 Å². The highest BCUT2D eigenvalue weighted by atomic mass is 35.5. The van der Waals surface area contributed by atoms with Gasteiger partial charge in [-0.15, -0.1) is 0 Å². The van der Waals surface area contributed by atoms with E-state index in [2.05, 4.69) is 22.0 Å². The number of carbonyl (C=O) groups excluding carboxylic acids is 1. The summed E-state index contributed by atoms with van der Waals surface area (Å²) in [5.41, 5.74) is 4.69. The van der Waals surface area contributed by atoms with Gasteiger partial charge in [-0.1, -0.05) is 41.9 Å². The number of para-hydroxylation sites is 1. The van der Waals surface area contributed by atoms with Gasteiger partial charge in [-0.3, -0.25) is 4.79 Å². The number of benzene rings is 3. The van der Waals surface area contributed by atoms with Crippen LogP contribution in [0.4, 0.5) is 4.39 Å². The zero-order valence-corrected chi connectivity index (χ0v) is 19.7. The van der Waals surface area contributed by atoms with E-state index in [9.17, 15) is 14.3 Å². The summed E-state index contributed by atoms with van der Waals surface area (Å²) in [6, 6.07) is 16.8. The highest BCUT2D eigenvalue weighted by molar-refractivity contribution is 6.35. The predicted octanol–water partition coefficient (Wildman–Crippen LogP) is 5.63. The van der Waals surface area contributed by atoms with Crippen molar-refractivity contribution in [2.24, 2.45) is 0 Å². The van der Waals surface area contributed by atoms with Gasteiger partial charge >= 0.3 is 0 Å². The molecule has 1 aliphatic heterocycles. The van der Waals surface area contributed by atoms with Crippen molar-refractivity contribution in [1.29, 1.82) is 0 Å². The number of fused-ring (bicyclic) bond motifs is 3. The van der Waals surface area contributed by atoms with Gasteiger partial charge in [0.25, 0.3) is 5.91 Å². The summed E-state index contributed by atoms with van der Waals surface area (Å²) in [5, 5.41) is 11.5. The normalized spacial score (nSPS) is 15.7. The first-order valence-corrected chi connectivity index (χ1v) is 11.6. The molecule has 5 rings (SSSR count). The average Bonchev–Trinajstić information content (AvgIpc) is 3.20. The van der Waals surface area contributed by atoms with Crippen molar-refractivity contribution in [2.45, 2.75) is 12.5 Å². The van der Waals surface area contributed by atoms with Gasteiger partial charge in [0.05, 0.1) is 11.1 Å². The SMILES string of the molecule is CN(C)CC1c2[nH]c3ccccc3c2CCN1C(=O)c1ccc(O)c(Cl)c1-c1ccc(F)cc1. The molecule has 3 aromatic carbocycles. The molecule has 2 heterocycles. The summed E-state index contributed by atoms with van der Waals surface area (Å²) in [4.78, 5) is 21.5. The lowest BCUT2D eigenvalue weighted by Crippen LogP contribution is -2.44. The number of nitrogens with one attached hydrogen (secondary N) is 1. The lowest BCUT2D eigenvalue weighted by molar-refractivity contribution is 0.0625. The van der Waals surface area contributed by atoms with Crippen molar-refractivity contribution in [1.82, 2.24) is 14.8 Å². The highest BCUT2D eigenvalue weighted by Gasteiger charge is 2.35. The molecule has 1 aromatic heterocycles. The summed E-state index contributed by atoms with van der Waals surface area (Å²) in [5.74, 6) is -0.697. The van der Waals surface area contributed by atoms with E-state index in [0.29, 0.717) is 29.8 Å². The van der Waals surface area contributed by atoms with E-state index in [1.54, 1.807) is 18.2 Å². The Kier molecular flexibility index (Phi) is 5.80. The van der Waals surface area contributed by atoms with Gasteiger partial charge in [0, 0.05) is 40.8 Å². The number of hydrogen-bond acceptors (Lipinski definition) is 3. The van der Waals surface area contributed by atoms with Crippen LogP contribution in [0, 0.1) is 5.82 Å². The van der Waals surface area contributed by atoms with E-state index in [-0.39, 0.29) is 28.5 Å². The Morgan fingerprint density at radius 2 is 1.88 bits per heavy atom. The van der Waals surface area contributed by atoms with E-state index in [1.807, 2.05) is 31.1 Å². The fourth-order valence-electron chi connectivity index (χ4n) is 4.89. The Bertz CT molecular complexity index is 1380. The summed E-state index contributed by atoms with van der Waals surface area (Å²) >= 11 is 6.48. The molecular formula is C27H25ClFN3O2. The number of phenolic OH excluding ortho intramolecular Hbond substituents is 1. The van der Waals surface area contributed by atoms with E-state index in [0.717, 1.165) is 17.6 Å². The Hall–Kier alpha value is -3.35. The molecule has 1 unspecified atom stereocenters. The molecule has 0 spiro atoms. The highest BCUT2D eigenvalue weighted by Crippen LogP contribution is 2.41. The molecule has 0 saturated heterocycles. The van der Waals surface area contributed by atoms with Gasteiger partial charge in [-0.2, -0.15) is 0 Å². The van der Waals surface area contributed by atoms with Crippen LogP contribution in [0.5, 0.6) is 5.75 Å². The number of nitrogens with zero attached hydrogens (tertiary/aromatic N) is 2. The maximum atomic E-state index is 14.0. The third kappa shape index (κ3) is 3.83. The molecule has 174 valence electrons. The van der Waals surface area contributed by atoms with Crippen molar-refractivity contribution < 1.29 is 14.3 Å². The van der Waals surface area contributed by atoms with E-state index in [4.69, 9.17) is 11.6 Å². The Morgan fingerprint density at radius 3 is 2.62 bits per heavy atom. The number of aromatic amines is 1. The maximum Gasteiger partial charge on any atom is 0.255 e. The zero-order valence-electron chi connectivity index (χ0n) is 19.0. The smallest absolute Gasteiger partial charge is 0.255 e. The van der Waals surface area contributed by atoms with Crippen molar-refractivity contribution >= 4 is 28.4 Å². The van der Waals surface area contributed by atoms with Gasteiger partial charge in [-0.25, -0.2) is 4.39 Å². The quantitative estimate of drug-likeness (QED) is 0.400. The number of aromatic hydroxyl groups is 1. The number of amides is 1. The largest absolute Gasteiger partial charge is 0.506 e. The fourth-order valence-corrected chi connectivity index (χ4v) is 5.17. The minimum atomic E-state index is -0.388. The van der Waals surface area contributed by atoms with Crippen LogP contribution >= 0.6 is 11.6 Å². The molecule has 5 nitrogen and oxygen atoms in total. The maximum absolute atomic E-state index is 14.0. The second kappa shape index (κ2) is 8.78. The fraction of sp³-hybridized carbons (Fsp3) is 0.222. The molecule has 0 saturated carbocycles. The average molecular weight is 478 g/mol. The molecular weight excluding hydrogens is 453 g/mol. The molecule has 1 aliphatic rings. The second-order valence-electron chi connectivity index (χ2n) is 8.92. The number of H-pyrrole nitrogens is 1. The molecule has 0 fully saturated rings. The van der Waals surface area contributed by atoms with Gasteiger partial charge in [0.2, 0.25) is 0 Å². The Labute approximate surface area is 202 Å². The van der Waals surface area contributed by atoms with Crippen molar-refractivity contribution in [3.8, 4) is 16.9 Å². The molecule has 0 radical (unpaired) electrons. The first-order valence-electron chi connectivity index (χ1n) is 11.2. The number of rotatable bonds is 4. The number of phenols is 1. The molecule has 1 atom stereocenters. The van der Waals surface area contributed by atoms with Gasteiger partial charge in [0.15, 0.2) is 0 Å². The monoisotopic (exact) mass is 477 g/mol. The molecule has 34 heavy (non-hydrogen) atoms. The molecule has 1 amide bonds. The van der Waals surface area contributed by atoms with Crippen LogP contribution in [0.1, 0.15) is 27.7 Å². The second-order valence-corrected chi connectivity index (χ2v) is 9.30. The first-order chi connectivity index (χ1) is 16.3. The molecule has 7 heteroatoms. The summed E-state index contributed by atoms with van der Waals surface area (Å²) in [6.45, 7) is 1.19. The van der Waals surface area contributed by atoms with Crippen molar-refractivity contribution in [3.05, 3.63) is 88.3 Å². The van der Waals surface area contributed by atoms with Gasteiger partial charge < -0.3 is 19.9 Å². The van der Waals surface area contributed by atoms with Crippen molar-refractivity contribution in [2.75, 3.05) is 27.2 Å². The lowest BCUT2D eigenvalue weighted by Gasteiger charge is -2.37. The molecule has 0 aliphatic carbocycles. The van der Waals surface area contributed by atoms with Gasteiger partial charge in [0.1, 0.15) is 11.6 Å². The first kappa shape index (κ1) is 22.4. The molecule has 4 aromatic rings. The minimum Gasteiger partial charge on any atom is -0.506 e. The van der Waals surface area contributed by atoms with Crippen LogP contribution in [0.2, 0.25) is 5.02 Å². The number of hydrogen-bond donors (Lipinski definition) is 2. The number of aromatic nitrogens is 1. The van der Waals surface area contributed by atoms with E-state index < -0.39 is 0 Å². The van der Waals surface area contributed by atoms with Crippen LogP contribution in [0.25, 0.3) is 22.0 Å². The Morgan fingerprint density at radius 1 is 1.15 bits per heavy atom. The Balaban J connectivity index is 1.62. The molecule has 2 N–H and O–H groups in total. The number of likely N-dealkylation sites (N-methyl/N-ethyl adjacent to an activating group) is 1. The van der Waals surface area contributed by atoms with E-state index in [1.165, 1.54) is 29.1 Å². The predicted molar refractivity (Wildman–Crippen MR) is 133 cm³/mol. The number of halogens is 2. The van der Waals surface area contributed by atoms with Crippen LogP contribution in [-0.2, 0) is 6.42 Å². The van der Waals surface area contributed by atoms with Gasteiger partial charge in [-0.05, 0) is 62.0 Å². The van der Waals surface area contributed by atoms with Crippen LogP contribution in [0.15, 0.2) is 60.7 Å². The number of carbonyl (C=O) groups is 1. The van der Waals surface area contributed by atoms with Crippen LogP contribution in [0.3, 0.4) is 0 Å². The summed E-state index contributed by atoms with van der Waals surface area (Å²) in [6.07, 6.45) is 0.729. The zero-order chi connectivity index (χ0) is 24.0. The third-order valence-electron chi connectivity index (χ3n) is 6.44. The summed E-state index contributed by atoms with van der Waals surface area (Å²) in [7, 11) is 3.97.